The van der Waals surface area contributed by atoms with Crippen LogP contribution in [0.2, 0.25) is 101 Å². The molecule has 8 aromatic carbocycles. The molecule has 8 heteroatoms. The lowest BCUT2D eigenvalue weighted by atomic mass is 9.76. The van der Waals surface area contributed by atoms with Crippen molar-refractivity contribution in [3.05, 3.63) is 259 Å². The summed E-state index contributed by atoms with van der Waals surface area (Å²) in [5.74, 6) is 7.18. The summed E-state index contributed by atoms with van der Waals surface area (Å²) in [6.07, 6.45) is 50.4. The summed E-state index contributed by atoms with van der Waals surface area (Å²) in [6.45, 7) is 36.8. The second-order valence-corrected chi connectivity index (χ2v) is 72.7. The molecule has 4 saturated heterocycles. The molecule has 0 radical (unpaired) electrons. The molecule has 10 aliphatic rings. The van der Waals surface area contributed by atoms with Crippen LogP contribution in [0.15, 0.2) is 164 Å². The van der Waals surface area contributed by atoms with Crippen LogP contribution in [0.3, 0.4) is 0 Å². The molecule has 6 saturated carbocycles. The SMILES string of the molecule is C.C.Cc1cc(C2CCCCC2)cc(-c2c3ccc(C4CC[Si](C)(C)CC4)cc3cc(C)[n+]2C)c1C.Cc1ccc(C2CCCCC2)cc1-c1c2ccc(C3CC[Si](C)(C)CC3)cc2cc(C)[n+]1C.[2H]c1cc2cc(C3CC[Si](C)(C)CC3)ccc2c(-c2cc(C3CCCC3)cc(C3CCCC3)c2C)[n+]1C.[2H]c1cc2cc(C3CC[Si](C)(C)CC3)ccc2c(-c2cc(C3CCCCC3)cc(C3CCCCC3)c2C)[n+]1C. The highest BCUT2D eigenvalue weighted by atomic mass is 28.3. The average molecular weight is 1980 g/mol. The van der Waals surface area contributed by atoms with Gasteiger partial charge < -0.3 is 0 Å². The number of fused-ring (bicyclic) bond motifs is 4. The van der Waals surface area contributed by atoms with Gasteiger partial charge in [-0.25, -0.2) is 9.13 Å². The quantitative estimate of drug-likeness (QED) is 0.0762. The molecule has 4 aliphatic heterocycles. The topological polar surface area (TPSA) is 15.5 Å². The number of nitrogens with zero attached hydrogens (tertiary/aromatic N) is 4. The first-order chi connectivity index (χ1) is 68.7. The number of aromatic nitrogens is 4. The van der Waals surface area contributed by atoms with Gasteiger partial charge in [0.2, 0.25) is 22.8 Å². The lowest BCUT2D eigenvalue weighted by Gasteiger charge is -2.33. The molecule has 10 fully saturated rings. The molecule has 0 amide bonds. The first kappa shape index (κ1) is 104. The fourth-order valence-corrected chi connectivity index (χ4v) is 39.2. The standard InChI is InChI=1S/C36H50NSi.C34H46NSi.C32H44NSi.C31H42NSi.2CH4/c1-26-34(29-13-9-6-10-14-29)24-32(27-11-7-5-8-12-27)25-35(26)36-33-16-15-30(23-31(33)17-20-37(36)2)28-18-21-38(3,4)22-19-28;1-24-32(27-11-7-8-12-27)22-30(25-9-5-6-10-25)23-33(24)34-31-14-13-28(21-29(31)15-18-35(34)2)26-16-19-36(3,4)20-17-26;1-22-18-28(25-10-8-7-9-11-25)21-31(24(22)3)32-30-13-12-27(20-29(30)19-23(2)33(32)4)26-14-16-34(5,6)17-15-26;1-22-11-12-27(24-9-7-6-8-10-24)21-30(22)31-29-14-13-26(20-28(29)19-23(2)32(31)3)25-15-17-33(4,5)18-16-25;;/h15-17,20,23-25,27-29H,5-14,18-19,21-22H2,1-4H3;13-15,18,21-23,25-27H,5-12,16-17,19-20H2,1-4H3;12-13,18-21,25-26H,7-11,14-17H2,1-6H3;11-14,19-21,24-25H,6-10,15-18H2,1-5H3;2*1H4/q4*+1;;/i20D;18D;;;;. The minimum Gasteiger partial charge on any atom is -0.200 e. The molecule has 22 rings (SSSR count). The van der Waals surface area contributed by atoms with Crippen molar-refractivity contribution < 1.29 is 21.0 Å². The predicted octanol–water partition coefficient (Wildman–Crippen LogP) is 38.6. The van der Waals surface area contributed by atoms with Gasteiger partial charge in [0, 0.05) is 76.0 Å². The molecule has 4 aromatic heterocycles. The molecule has 143 heavy (non-hydrogen) atoms. The van der Waals surface area contributed by atoms with Crippen LogP contribution in [-0.2, 0) is 28.2 Å². The molecule has 0 atom stereocenters. The van der Waals surface area contributed by atoms with Crippen LogP contribution in [0.5, 0.6) is 0 Å². The van der Waals surface area contributed by atoms with E-state index in [1.54, 1.807) is 44.5 Å². The third-order valence-corrected chi connectivity index (χ3v) is 52.5. The Kier molecular flexibility index (Phi) is 33.2. The number of aryl methyl sites for hydroxylation is 4. The number of benzene rings is 8. The monoisotopic (exact) mass is 1980 g/mol. The minimum absolute atomic E-state index is 0. The largest absolute Gasteiger partial charge is 0.220 e. The van der Waals surface area contributed by atoms with Crippen LogP contribution in [0, 0.1) is 48.5 Å². The molecular formula is C135H190N4Si4+4. The second kappa shape index (κ2) is 45.8. The Morgan fingerprint density at radius 1 is 0.224 bits per heavy atom. The Balaban J connectivity index is 0.000000132. The number of pyridine rings is 4. The van der Waals surface area contributed by atoms with Gasteiger partial charge in [-0.05, 0) is 376 Å². The zero-order valence-corrected chi connectivity index (χ0v) is 95.6. The van der Waals surface area contributed by atoms with Gasteiger partial charge in [0.25, 0.3) is 0 Å². The van der Waals surface area contributed by atoms with E-state index < -0.39 is 32.3 Å². The average Bonchev–Trinajstić information content (AvgIpc) is 1.21. The number of hydrogen-bond acceptors (Lipinski definition) is 0. The molecule has 8 heterocycles. The lowest BCUT2D eigenvalue weighted by molar-refractivity contribution is -0.665. The summed E-state index contributed by atoms with van der Waals surface area (Å²) >= 11 is 0. The Hall–Kier alpha value is -7.73. The van der Waals surface area contributed by atoms with Crippen molar-refractivity contribution in [2.75, 3.05) is 0 Å². The van der Waals surface area contributed by atoms with Crippen molar-refractivity contribution >= 4 is 75.4 Å². The van der Waals surface area contributed by atoms with E-state index in [1.807, 2.05) is 0 Å². The second-order valence-electron chi connectivity index (χ2n) is 51.3. The molecule has 0 unspecified atom stereocenters. The van der Waals surface area contributed by atoms with Crippen LogP contribution < -0.4 is 18.3 Å². The first-order valence-electron chi connectivity index (χ1n) is 58.9. The summed E-state index contributed by atoms with van der Waals surface area (Å²) in [4.78, 5) is 0. The molecular weight excluding hydrogens is 1790 g/mol. The van der Waals surface area contributed by atoms with Gasteiger partial charge in [-0.3, -0.25) is 0 Å². The molecule has 0 spiro atoms. The van der Waals surface area contributed by atoms with E-state index in [0.29, 0.717) is 47.9 Å². The van der Waals surface area contributed by atoms with Crippen molar-refractivity contribution in [2.24, 2.45) is 28.2 Å². The maximum atomic E-state index is 9.00. The number of hydrogen-bond donors (Lipinski definition) is 0. The Bertz CT molecular complexity index is 6590. The number of rotatable bonds is 14. The van der Waals surface area contributed by atoms with E-state index in [0.717, 1.165) is 23.7 Å². The van der Waals surface area contributed by atoms with Crippen LogP contribution in [0.25, 0.3) is 88.1 Å². The normalized spacial score (nSPS) is 20.6. The van der Waals surface area contributed by atoms with Gasteiger partial charge >= 0.3 is 0 Å². The maximum Gasteiger partial charge on any atom is 0.220 e. The zero-order chi connectivity index (χ0) is 100. The fourth-order valence-electron chi connectivity index (χ4n) is 29.2. The van der Waals surface area contributed by atoms with Crippen molar-refractivity contribution in [1.29, 1.82) is 0 Å². The van der Waals surface area contributed by atoms with Gasteiger partial charge in [0.15, 0.2) is 23.7 Å². The Morgan fingerprint density at radius 3 is 0.797 bits per heavy atom. The zero-order valence-electron chi connectivity index (χ0n) is 93.6. The third kappa shape index (κ3) is 23.9. The maximum absolute atomic E-state index is 9.00. The molecule has 0 bridgehead atoms. The minimum atomic E-state index is -0.968. The van der Waals surface area contributed by atoms with Gasteiger partial charge in [0.05, 0.1) is 38.2 Å². The van der Waals surface area contributed by atoms with Crippen LogP contribution in [0.4, 0.5) is 0 Å². The summed E-state index contributed by atoms with van der Waals surface area (Å²) in [6, 6.07) is 72.8. The lowest BCUT2D eigenvalue weighted by Crippen LogP contribution is -2.35. The molecule has 762 valence electrons. The highest BCUT2D eigenvalue weighted by Crippen LogP contribution is 2.52. The van der Waals surface area contributed by atoms with Crippen LogP contribution in [-0.4, -0.2) is 32.3 Å². The van der Waals surface area contributed by atoms with E-state index in [1.165, 1.54) is 418 Å². The van der Waals surface area contributed by atoms with E-state index in [4.69, 9.17) is 2.74 Å². The van der Waals surface area contributed by atoms with Crippen LogP contribution in [0.1, 0.15) is 403 Å². The summed E-state index contributed by atoms with van der Waals surface area (Å²) in [5.41, 5.74) is 36.4. The van der Waals surface area contributed by atoms with Crippen molar-refractivity contribution in [3.63, 3.8) is 0 Å². The van der Waals surface area contributed by atoms with Crippen molar-refractivity contribution in [1.82, 2.24) is 0 Å². The molecule has 0 N–H and O–H groups in total. The Morgan fingerprint density at radius 2 is 0.469 bits per heavy atom. The summed E-state index contributed by atoms with van der Waals surface area (Å²) in [5, 5.41) is 10.8. The third-order valence-electron chi connectivity index (χ3n) is 39.3. The molecule has 6 aliphatic carbocycles. The van der Waals surface area contributed by atoms with Gasteiger partial charge in [-0.1, -0.05) is 297 Å². The van der Waals surface area contributed by atoms with Crippen molar-refractivity contribution in [2.45, 2.75) is 454 Å². The van der Waals surface area contributed by atoms with Gasteiger partial charge in [-0.2, -0.15) is 9.13 Å². The molecule has 12 aromatic rings. The summed E-state index contributed by atoms with van der Waals surface area (Å²) in [7, 11) is 4.96. The van der Waals surface area contributed by atoms with Gasteiger partial charge in [-0.15, -0.1) is 0 Å². The van der Waals surface area contributed by atoms with E-state index >= 15 is 0 Å². The fraction of sp³-hybridized carbons (Fsp3) is 0.556. The van der Waals surface area contributed by atoms with E-state index in [-0.39, 0.29) is 14.9 Å². The smallest absolute Gasteiger partial charge is 0.200 e. The van der Waals surface area contributed by atoms with E-state index in [2.05, 4.69) is 299 Å². The Labute approximate surface area is 876 Å². The van der Waals surface area contributed by atoms with Crippen LogP contribution >= 0.6 is 0 Å². The first-order valence-corrected chi connectivity index (χ1v) is 71.6. The van der Waals surface area contributed by atoms with E-state index in [9.17, 15) is 0 Å². The van der Waals surface area contributed by atoms with Gasteiger partial charge in [0.1, 0.15) is 30.9 Å². The highest BCUT2D eigenvalue weighted by Gasteiger charge is 2.39. The summed E-state index contributed by atoms with van der Waals surface area (Å²) < 4.78 is 27.1. The van der Waals surface area contributed by atoms with Crippen molar-refractivity contribution in [3.8, 4) is 45.0 Å². The predicted molar refractivity (Wildman–Crippen MR) is 631 cm³/mol. The molecule has 4 nitrogen and oxygen atoms in total. The highest BCUT2D eigenvalue weighted by molar-refractivity contribution is 6.78.